The second-order valence-corrected chi connectivity index (χ2v) is 22.8. The van der Waals surface area contributed by atoms with Gasteiger partial charge in [-0.2, -0.15) is 10.2 Å². The third-order valence-electron chi connectivity index (χ3n) is 17.5. The van der Waals surface area contributed by atoms with Crippen LogP contribution in [0.2, 0.25) is 0 Å². The molecule has 0 bridgehead atoms. The van der Waals surface area contributed by atoms with E-state index in [1.54, 1.807) is 24.8 Å². The number of nitrogens with zero attached hydrogens (tertiary/aromatic N) is 10. The summed E-state index contributed by atoms with van der Waals surface area (Å²) in [5, 5.41) is 31.7. The Morgan fingerprint density at radius 2 is 1.00 bits per heavy atom. The number of benzene rings is 4. The summed E-state index contributed by atoms with van der Waals surface area (Å²) in [6.07, 6.45) is 15.9. The van der Waals surface area contributed by atoms with Crippen LogP contribution < -0.4 is 21.3 Å². The molecule has 0 aliphatic carbocycles. The molecular formula is C62H68N18O2. The van der Waals surface area contributed by atoms with Crippen LogP contribution in [0.5, 0.6) is 0 Å². The second kappa shape index (κ2) is 22.8. The van der Waals surface area contributed by atoms with Gasteiger partial charge in [0.15, 0.2) is 11.6 Å². The highest BCUT2D eigenvalue weighted by molar-refractivity contribution is 6.00. The lowest BCUT2D eigenvalue weighted by Crippen LogP contribution is -2.54. The fourth-order valence-electron chi connectivity index (χ4n) is 12.9. The predicted molar refractivity (Wildman–Crippen MR) is 320 cm³/mol. The van der Waals surface area contributed by atoms with E-state index in [1.807, 2.05) is 97.1 Å². The van der Waals surface area contributed by atoms with E-state index in [-0.39, 0.29) is 23.9 Å². The number of carbonyl (C=O) groups excluding carboxylic acids is 2. The topological polar surface area (TPSA) is 236 Å². The van der Waals surface area contributed by atoms with Gasteiger partial charge in [-0.1, -0.05) is 24.3 Å². The van der Waals surface area contributed by atoms with Crippen LogP contribution in [0.25, 0.3) is 66.4 Å². The Kier molecular flexibility index (Phi) is 14.3. The van der Waals surface area contributed by atoms with E-state index in [0.717, 1.165) is 157 Å². The van der Waals surface area contributed by atoms with E-state index in [0.29, 0.717) is 46.8 Å². The van der Waals surface area contributed by atoms with Crippen molar-refractivity contribution in [2.24, 2.45) is 0 Å². The van der Waals surface area contributed by atoms with E-state index in [4.69, 9.17) is 9.97 Å². The number of carbonyl (C=O) groups is 2. The highest BCUT2D eigenvalue weighted by Crippen LogP contribution is 2.30. The SMILES string of the molecule is O=C(NC1CCN(C2CCN(CCN3CCC(N4CCCC(NC(=O)c5cc6ccc(-c7nccc(Nc8ccc9[nH]ncc9c8)n7)cc6[nH]5)C4)CC3)CC2)CC1)c1cc2ccc(-c3nccc(Nc4ccc5[nH]ncc5c4)n3)cc2[nH]1. The van der Waals surface area contributed by atoms with E-state index in [1.165, 1.54) is 25.7 Å². The van der Waals surface area contributed by atoms with Gasteiger partial charge in [-0.05, 0) is 157 Å². The third kappa shape index (κ3) is 11.4. The average Bonchev–Trinajstić information content (AvgIpc) is 4.55. The fourth-order valence-corrected chi connectivity index (χ4v) is 12.9. The Hall–Kier alpha value is -8.56. The van der Waals surface area contributed by atoms with Crippen molar-refractivity contribution in [3.05, 3.63) is 133 Å². The number of piperidine rings is 4. The van der Waals surface area contributed by atoms with Crippen molar-refractivity contribution in [1.82, 2.24) is 80.5 Å². The molecule has 20 nitrogen and oxygen atoms in total. The lowest BCUT2D eigenvalue weighted by Gasteiger charge is -2.43. The molecule has 4 aromatic carbocycles. The number of hydrogen-bond acceptors (Lipinski definition) is 14. The lowest BCUT2D eigenvalue weighted by molar-refractivity contribution is 0.0603. The Labute approximate surface area is 474 Å². The van der Waals surface area contributed by atoms with Crippen LogP contribution in [0.3, 0.4) is 0 Å². The molecule has 20 heteroatoms. The summed E-state index contributed by atoms with van der Waals surface area (Å²) in [4.78, 5) is 63.4. The standard InChI is InChI=1S/C62H68N18O2/c81-61(55-32-39-3-5-41(34-53(39)71-55)59-63-19-11-57(73-59)67-46-7-9-51-43(30-46)36-65-75-51)69-45-13-26-79(27-14-45)49-15-22-77(23-16-49)28-29-78-24-17-50(18-25-78)80-21-1-2-48(38-80)70-62(82)56-33-40-4-6-42(35-54(40)72-56)60-64-20-12-58(74-60)68-47-8-10-52-44(31-47)37-66-76-52/h3-12,19-20,30-37,45,48-50,71-72H,1-2,13-18,21-29,38H2,(H,65,75)(H,66,76)(H,69,81)(H,70,82)(H,63,67,73)(H,64,68,74). The fraction of sp³-hybridized carbons (Fsp3) is 0.355. The maximum absolute atomic E-state index is 13.7. The number of nitrogens with one attached hydrogen (secondary N) is 8. The first kappa shape index (κ1) is 51.6. The molecule has 1 unspecified atom stereocenters. The largest absolute Gasteiger partial charge is 0.351 e. The molecule has 8 N–H and O–H groups in total. The van der Waals surface area contributed by atoms with Crippen molar-refractivity contribution >= 4 is 78.4 Å². The maximum Gasteiger partial charge on any atom is 0.267 e. The third-order valence-corrected chi connectivity index (χ3v) is 17.5. The predicted octanol–water partition coefficient (Wildman–Crippen LogP) is 8.82. The molecule has 2 amide bonds. The van der Waals surface area contributed by atoms with Crippen LogP contribution in [0.4, 0.5) is 23.0 Å². The molecule has 0 saturated carbocycles. The smallest absolute Gasteiger partial charge is 0.267 e. The van der Waals surface area contributed by atoms with Gasteiger partial charge in [0, 0.05) is 124 Å². The van der Waals surface area contributed by atoms with Crippen molar-refractivity contribution in [3.63, 3.8) is 0 Å². The minimum atomic E-state index is -0.0602. The molecule has 82 heavy (non-hydrogen) atoms. The summed E-state index contributed by atoms with van der Waals surface area (Å²) < 4.78 is 0. The first-order chi connectivity index (χ1) is 40.3. The van der Waals surface area contributed by atoms with Gasteiger partial charge in [-0.3, -0.25) is 24.7 Å². The number of aromatic nitrogens is 10. The highest BCUT2D eigenvalue weighted by atomic mass is 16.2. The minimum Gasteiger partial charge on any atom is -0.351 e. The maximum atomic E-state index is 13.7. The van der Waals surface area contributed by atoms with E-state index in [9.17, 15) is 9.59 Å². The van der Waals surface area contributed by atoms with E-state index >= 15 is 0 Å². The van der Waals surface area contributed by atoms with Crippen molar-refractivity contribution < 1.29 is 9.59 Å². The zero-order valence-corrected chi connectivity index (χ0v) is 45.9. The van der Waals surface area contributed by atoms with Crippen molar-refractivity contribution in [2.45, 2.75) is 75.5 Å². The Morgan fingerprint density at radius 1 is 0.488 bits per heavy atom. The molecule has 10 aromatic rings. The first-order valence-electron chi connectivity index (χ1n) is 29.2. The van der Waals surface area contributed by atoms with Crippen LogP contribution >= 0.6 is 0 Å². The van der Waals surface area contributed by atoms with Gasteiger partial charge in [0.1, 0.15) is 23.0 Å². The number of anilines is 4. The molecular weight excluding hydrogens is 1030 g/mol. The van der Waals surface area contributed by atoms with Crippen LogP contribution in [0, 0.1) is 0 Å². The molecule has 4 aliphatic rings. The van der Waals surface area contributed by atoms with Crippen LogP contribution in [0.15, 0.2) is 122 Å². The Morgan fingerprint density at radius 3 is 1.54 bits per heavy atom. The zero-order valence-electron chi connectivity index (χ0n) is 45.9. The van der Waals surface area contributed by atoms with Crippen molar-refractivity contribution in [3.8, 4) is 22.8 Å². The summed E-state index contributed by atoms with van der Waals surface area (Å²) in [6, 6.07) is 33.1. The molecule has 10 heterocycles. The number of hydrogen-bond donors (Lipinski definition) is 8. The summed E-state index contributed by atoms with van der Waals surface area (Å²) in [7, 11) is 0. The van der Waals surface area contributed by atoms with Gasteiger partial charge in [0.25, 0.3) is 11.8 Å². The molecule has 1 atom stereocenters. The number of aromatic amines is 4. The van der Waals surface area contributed by atoms with Gasteiger partial charge < -0.3 is 45.9 Å². The van der Waals surface area contributed by atoms with Crippen molar-refractivity contribution in [1.29, 1.82) is 0 Å². The summed E-state index contributed by atoms with van der Waals surface area (Å²) in [6.45, 7) is 10.8. The first-order valence-corrected chi connectivity index (χ1v) is 29.2. The molecule has 6 aromatic heterocycles. The quantitative estimate of drug-likeness (QED) is 0.0479. The van der Waals surface area contributed by atoms with Gasteiger partial charge >= 0.3 is 0 Å². The molecule has 0 radical (unpaired) electrons. The molecule has 4 aliphatic heterocycles. The van der Waals surface area contributed by atoms with Gasteiger partial charge in [0.2, 0.25) is 0 Å². The average molecular weight is 1100 g/mol. The molecule has 4 fully saturated rings. The van der Waals surface area contributed by atoms with Crippen LogP contribution in [0.1, 0.15) is 72.3 Å². The molecule has 418 valence electrons. The monoisotopic (exact) mass is 1100 g/mol. The van der Waals surface area contributed by atoms with E-state index < -0.39 is 0 Å². The van der Waals surface area contributed by atoms with Crippen LogP contribution in [-0.2, 0) is 0 Å². The number of fused-ring (bicyclic) bond motifs is 4. The van der Waals surface area contributed by atoms with Crippen molar-refractivity contribution in [2.75, 3.05) is 76.1 Å². The van der Waals surface area contributed by atoms with Gasteiger partial charge in [-0.25, -0.2) is 19.9 Å². The normalized spacial score (nSPS) is 18.7. The van der Waals surface area contributed by atoms with Crippen LogP contribution in [-0.4, -0.2) is 171 Å². The molecule has 4 saturated heterocycles. The van der Waals surface area contributed by atoms with Gasteiger partial charge in [0.05, 0.1) is 23.4 Å². The highest BCUT2D eigenvalue weighted by Gasteiger charge is 2.32. The lowest BCUT2D eigenvalue weighted by atomic mass is 9.97. The summed E-state index contributed by atoms with van der Waals surface area (Å²) >= 11 is 0. The van der Waals surface area contributed by atoms with Gasteiger partial charge in [-0.15, -0.1) is 0 Å². The number of amides is 2. The summed E-state index contributed by atoms with van der Waals surface area (Å²) in [5.74, 6) is 2.46. The molecule has 14 rings (SSSR count). The van der Waals surface area contributed by atoms with E-state index in [2.05, 4.69) is 81.2 Å². The Bertz CT molecular complexity index is 3900. The second-order valence-electron chi connectivity index (χ2n) is 22.8. The number of likely N-dealkylation sites (tertiary alicyclic amines) is 4. The molecule has 0 spiro atoms. The number of H-pyrrole nitrogens is 4. The minimum absolute atomic E-state index is 0.0595. The number of rotatable bonds is 15. The zero-order chi connectivity index (χ0) is 54.9. The Balaban J connectivity index is 0.491. The summed E-state index contributed by atoms with van der Waals surface area (Å²) in [5.41, 5.74) is 8.40.